The first-order chi connectivity index (χ1) is 9.02. The Kier molecular flexibility index (Phi) is 3.90. The lowest BCUT2D eigenvalue weighted by Crippen LogP contribution is -2.48. The average Bonchev–Trinajstić information content (AvgIpc) is 2.37. The molecule has 0 radical (unpaired) electrons. The van der Waals surface area contributed by atoms with E-state index in [-0.39, 0.29) is 12.2 Å². The van der Waals surface area contributed by atoms with E-state index in [2.05, 4.69) is 10.6 Å². The number of rotatable bonds is 4. The number of carbonyl (C=O) groups is 1. The van der Waals surface area contributed by atoms with Crippen molar-refractivity contribution in [2.24, 2.45) is 0 Å². The summed E-state index contributed by atoms with van der Waals surface area (Å²) in [6.45, 7) is 0.171. The summed E-state index contributed by atoms with van der Waals surface area (Å²) in [5.74, 6) is -0.0902. The predicted octanol–water partition coefficient (Wildman–Crippen LogP) is 1.87. The number of carbonyl (C=O) groups excluding carboxylic acids is 1. The summed E-state index contributed by atoms with van der Waals surface area (Å²) in [7, 11) is 1.46. The molecular formula is C13H17FN2O3. The molecule has 1 aliphatic rings. The third-order valence-corrected chi connectivity index (χ3v) is 3.28. The molecule has 104 valence electrons. The van der Waals surface area contributed by atoms with Gasteiger partial charge in [-0.1, -0.05) is 0 Å². The number of amides is 2. The van der Waals surface area contributed by atoms with Gasteiger partial charge in [0.1, 0.15) is 11.6 Å². The van der Waals surface area contributed by atoms with Crippen LogP contribution in [0, 0.1) is 5.82 Å². The summed E-state index contributed by atoms with van der Waals surface area (Å²) >= 11 is 0. The number of halogens is 1. The van der Waals surface area contributed by atoms with Crippen molar-refractivity contribution in [2.45, 2.75) is 24.9 Å². The largest absolute Gasteiger partial charge is 0.497 e. The van der Waals surface area contributed by atoms with Gasteiger partial charge in [0.05, 0.1) is 18.4 Å². The number of ether oxygens (including phenoxy) is 1. The molecule has 6 heteroatoms. The van der Waals surface area contributed by atoms with Crippen molar-refractivity contribution in [1.29, 1.82) is 0 Å². The number of benzene rings is 1. The fourth-order valence-corrected chi connectivity index (χ4v) is 1.90. The molecule has 1 aliphatic carbocycles. The van der Waals surface area contributed by atoms with Gasteiger partial charge in [0, 0.05) is 12.6 Å². The fraction of sp³-hybridized carbons (Fsp3) is 0.462. The fourth-order valence-electron chi connectivity index (χ4n) is 1.90. The van der Waals surface area contributed by atoms with Gasteiger partial charge < -0.3 is 20.5 Å². The molecule has 0 aliphatic heterocycles. The molecule has 0 bridgehead atoms. The summed E-state index contributed by atoms with van der Waals surface area (Å²) in [6, 6.07) is 3.53. The van der Waals surface area contributed by atoms with E-state index in [9.17, 15) is 14.3 Å². The van der Waals surface area contributed by atoms with Crippen LogP contribution in [0.25, 0.3) is 0 Å². The number of methoxy groups -OCH3 is 1. The van der Waals surface area contributed by atoms with Crippen LogP contribution in [0.5, 0.6) is 5.75 Å². The van der Waals surface area contributed by atoms with E-state index in [0.29, 0.717) is 18.6 Å². The molecule has 1 saturated carbocycles. The monoisotopic (exact) mass is 268 g/mol. The second kappa shape index (κ2) is 5.44. The highest BCUT2D eigenvalue weighted by atomic mass is 19.1. The first-order valence-corrected chi connectivity index (χ1v) is 6.13. The Balaban J connectivity index is 1.91. The van der Waals surface area contributed by atoms with E-state index in [1.54, 1.807) is 0 Å². The Hall–Kier alpha value is -1.82. The maximum atomic E-state index is 13.5. The van der Waals surface area contributed by atoms with Crippen molar-refractivity contribution >= 4 is 11.7 Å². The van der Waals surface area contributed by atoms with Gasteiger partial charge in [-0.25, -0.2) is 9.18 Å². The maximum absolute atomic E-state index is 13.5. The summed E-state index contributed by atoms with van der Waals surface area (Å²) in [5.41, 5.74) is -0.762. The number of nitrogens with one attached hydrogen (secondary N) is 2. The number of hydrogen-bond donors (Lipinski definition) is 3. The van der Waals surface area contributed by atoms with Crippen LogP contribution in [0.15, 0.2) is 18.2 Å². The minimum absolute atomic E-state index is 0.0393. The quantitative estimate of drug-likeness (QED) is 0.780. The first-order valence-electron chi connectivity index (χ1n) is 6.13. The second-order valence-corrected chi connectivity index (χ2v) is 4.73. The molecule has 1 aromatic rings. The van der Waals surface area contributed by atoms with Crippen LogP contribution in [0.3, 0.4) is 0 Å². The van der Waals surface area contributed by atoms with Crippen LogP contribution >= 0.6 is 0 Å². The molecule has 0 heterocycles. The maximum Gasteiger partial charge on any atom is 0.319 e. The van der Waals surface area contributed by atoms with E-state index in [1.807, 2.05) is 0 Å². The summed E-state index contributed by atoms with van der Waals surface area (Å²) in [4.78, 5) is 11.6. The Morgan fingerprint density at radius 2 is 2.26 bits per heavy atom. The molecule has 0 spiro atoms. The highest BCUT2D eigenvalue weighted by Gasteiger charge is 2.34. The minimum atomic E-state index is -0.801. The molecule has 0 saturated heterocycles. The molecule has 0 aromatic heterocycles. The van der Waals surface area contributed by atoms with Crippen molar-refractivity contribution in [2.75, 3.05) is 19.0 Å². The van der Waals surface area contributed by atoms with Crippen molar-refractivity contribution in [3.8, 4) is 5.75 Å². The summed E-state index contributed by atoms with van der Waals surface area (Å²) < 4.78 is 18.4. The second-order valence-electron chi connectivity index (χ2n) is 4.73. The highest BCUT2D eigenvalue weighted by molar-refractivity contribution is 5.89. The van der Waals surface area contributed by atoms with Crippen LogP contribution in [0.2, 0.25) is 0 Å². The van der Waals surface area contributed by atoms with Gasteiger partial charge in [0.25, 0.3) is 0 Å². The van der Waals surface area contributed by atoms with E-state index in [0.717, 1.165) is 6.42 Å². The summed E-state index contributed by atoms with van der Waals surface area (Å²) in [5, 5.41) is 14.7. The lowest BCUT2D eigenvalue weighted by molar-refractivity contribution is -0.0287. The molecule has 2 rings (SSSR count). The van der Waals surface area contributed by atoms with Gasteiger partial charge in [0.15, 0.2) is 0 Å². The summed E-state index contributed by atoms with van der Waals surface area (Å²) in [6.07, 6.45) is 2.33. The molecule has 3 N–H and O–H groups in total. The standard InChI is InChI=1S/C13H17FN2O3/c1-19-9-3-4-10(14)11(7-9)16-12(17)15-8-13(18)5-2-6-13/h3-4,7,18H,2,5-6,8H2,1H3,(H2,15,16,17). The van der Waals surface area contributed by atoms with Gasteiger partial charge in [-0.2, -0.15) is 0 Å². The highest BCUT2D eigenvalue weighted by Crippen LogP contribution is 2.30. The Bertz CT molecular complexity index is 475. The Labute approximate surface area is 110 Å². The van der Waals surface area contributed by atoms with Gasteiger partial charge in [0.2, 0.25) is 0 Å². The number of urea groups is 1. The average molecular weight is 268 g/mol. The van der Waals surface area contributed by atoms with Gasteiger partial charge in [-0.3, -0.25) is 0 Å². The molecular weight excluding hydrogens is 251 g/mol. The van der Waals surface area contributed by atoms with Crippen LogP contribution in [0.1, 0.15) is 19.3 Å². The minimum Gasteiger partial charge on any atom is -0.497 e. The Morgan fingerprint density at radius 1 is 1.53 bits per heavy atom. The number of anilines is 1. The van der Waals surface area contributed by atoms with Crippen molar-refractivity contribution in [3.63, 3.8) is 0 Å². The zero-order chi connectivity index (χ0) is 13.9. The van der Waals surface area contributed by atoms with Gasteiger partial charge >= 0.3 is 6.03 Å². The smallest absolute Gasteiger partial charge is 0.319 e. The number of aliphatic hydroxyl groups is 1. The van der Waals surface area contributed by atoms with E-state index in [1.165, 1.54) is 25.3 Å². The molecule has 0 unspecified atom stereocenters. The molecule has 19 heavy (non-hydrogen) atoms. The topological polar surface area (TPSA) is 70.6 Å². The Morgan fingerprint density at radius 3 is 2.84 bits per heavy atom. The third-order valence-electron chi connectivity index (χ3n) is 3.28. The lowest BCUT2D eigenvalue weighted by atomic mass is 9.80. The number of hydrogen-bond acceptors (Lipinski definition) is 3. The van der Waals surface area contributed by atoms with E-state index < -0.39 is 17.4 Å². The molecule has 0 atom stereocenters. The van der Waals surface area contributed by atoms with Gasteiger partial charge in [-0.05, 0) is 31.4 Å². The third kappa shape index (κ3) is 3.35. The van der Waals surface area contributed by atoms with Gasteiger partial charge in [-0.15, -0.1) is 0 Å². The molecule has 1 fully saturated rings. The van der Waals surface area contributed by atoms with Crippen LogP contribution in [0.4, 0.5) is 14.9 Å². The van der Waals surface area contributed by atoms with Crippen molar-refractivity contribution in [1.82, 2.24) is 5.32 Å². The van der Waals surface area contributed by atoms with Crippen LogP contribution < -0.4 is 15.4 Å². The predicted molar refractivity (Wildman–Crippen MR) is 68.8 cm³/mol. The molecule has 1 aromatic carbocycles. The van der Waals surface area contributed by atoms with Crippen molar-refractivity contribution in [3.05, 3.63) is 24.0 Å². The first kappa shape index (κ1) is 13.6. The molecule has 5 nitrogen and oxygen atoms in total. The van der Waals surface area contributed by atoms with Crippen LogP contribution in [-0.4, -0.2) is 30.4 Å². The zero-order valence-electron chi connectivity index (χ0n) is 10.7. The van der Waals surface area contributed by atoms with Crippen LogP contribution in [-0.2, 0) is 0 Å². The lowest BCUT2D eigenvalue weighted by Gasteiger charge is -2.36. The SMILES string of the molecule is COc1ccc(F)c(NC(=O)NCC2(O)CCC2)c1. The normalized spacial score (nSPS) is 16.4. The van der Waals surface area contributed by atoms with E-state index in [4.69, 9.17) is 4.74 Å². The zero-order valence-corrected chi connectivity index (χ0v) is 10.7. The van der Waals surface area contributed by atoms with Crippen molar-refractivity contribution < 1.29 is 19.0 Å². The van der Waals surface area contributed by atoms with E-state index >= 15 is 0 Å². The molecule has 2 amide bonds.